The van der Waals surface area contributed by atoms with Crippen molar-refractivity contribution in [1.29, 1.82) is 0 Å². The second-order valence-corrected chi connectivity index (χ2v) is 7.84. The summed E-state index contributed by atoms with van der Waals surface area (Å²) in [6, 6.07) is 3.85. The van der Waals surface area contributed by atoms with Crippen molar-refractivity contribution >= 4 is 21.4 Å². The van der Waals surface area contributed by atoms with Crippen LogP contribution in [0.5, 0.6) is 0 Å². The monoisotopic (exact) mass is 357 g/mol. The van der Waals surface area contributed by atoms with Gasteiger partial charge in [-0.15, -0.1) is 0 Å². The summed E-state index contributed by atoms with van der Waals surface area (Å²) in [7, 11) is -2.15. The van der Waals surface area contributed by atoms with Gasteiger partial charge in [-0.2, -0.15) is 4.31 Å². The Kier molecular flexibility index (Phi) is 6.14. The number of ether oxygens (including phenoxy) is 1. The van der Waals surface area contributed by atoms with Crippen molar-refractivity contribution < 1.29 is 18.1 Å². The van der Waals surface area contributed by atoms with E-state index in [2.05, 4.69) is 5.32 Å². The van der Waals surface area contributed by atoms with Gasteiger partial charge in [0.05, 0.1) is 16.4 Å². The number of benzene rings is 1. The first kappa shape index (κ1) is 18.6. The molecule has 1 saturated heterocycles. The fraction of sp³-hybridized carbons (Fsp3) is 0.600. The lowest BCUT2D eigenvalue weighted by molar-refractivity contribution is -0.384. The molecule has 8 nitrogen and oxygen atoms in total. The smallest absolute Gasteiger partial charge is 0.293 e. The summed E-state index contributed by atoms with van der Waals surface area (Å²) < 4.78 is 31.7. The number of nitro benzene ring substituents is 1. The number of anilines is 1. The Hall–Kier alpha value is -1.71. The Balaban J connectivity index is 2.32. The first-order chi connectivity index (χ1) is 11.4. The van der Waals surface area contributed by atoms with E-state index in [-0.39, 0.29) is 22.3 Å². The number of nitro groups is 1. The molecule has 1 aromatic carbocycles. The van der Waals surface area contributed by atoms with Crippen LogP contribution in [0.2, 0.25) is 0 Å². The zero-order chi connectivity index (χ0) is 17.7. The number of nitrogens with zero attached hydrogens (tertiary/aromatic N) is 2. The minimum atomic E-state index is -3.70. The number of piperidine rings is 1. The van der Waals surface area contributed by atoms with Crippen molar-refractivity contribution in [1.82, 2.24) is 4.31 Å². The van der Waals surface area contributed by atoms with Crippen LogP contribution in [0.1, 0.15) is 26.2 Å². The summed E-state index contributed by atoms with van der Waals surface area (Å²) in [6.07, 6.45) is 2.64. The second kappa shape index (κ2) is 7.91. The largest absolute Gasteiger partial charge is 0.383 e. The standard InChI is InChI=1S/C15H23N3O5S/c1-12(11-23-2)16-14-7-6-13(10-15(14)18(19)20)24(21,22)17-8-4-3-5-9-17/h6-7,10,12,16H,3-5,8-9,11H2,1-2H3/t12-/m1/s1. The Morgan fingerprint density at radius 3 is 2.58 bits per heavy atom. The zero-order valence-electron chi connectivity index (χ0n) is 13.9. The summed E-state index contributed by atoms with van der Waals surface area (Å²) in [5, 5.41) is 14.3. The first-order valence-corrected chi connectivity index (χ1v) is 9.34. The van der Waals surface area contributed by atoms with Crippen LogP contribution in [-0.2, 0) is 14.8 Å². The SMILES string of the molecule is COC[C@@H](C)Nc1ccc(S(=O)(=O)N2CCCCC2)cc1[N+](=O)[O-]. The van der Waals surface area contributed by atoms with E-state index in [9.17, 15) is 18.5 Å². The number of hydrogen-bond donors (Lipinski definition) is 1. The topological polar surface area (TPSA) is 102 Å². The lowest BCUT2D eigenvalue weighted by Gasteiger charge is -2.26. The summed E-state index contributed by atoms with van der Waals surface area (Å²) in [5.74, 6) is 0. The van der Waals surface area contributed by atoms with Gasteiger partial charge in [-0.25, -0.2) is 8.42 Å². The lowest BCUT2D eigenvalue weighted by atomic mass is 10.2. The lowest BCUT2D eigenvalue weighted by Crippen LogP contribution is -2.35. The van der Waals surface area contributed by atoms with Gasteiger partial charge in [-0.05, 0) is 31.9 Å². The zero-order valence-corrected chi connectivity index (χ0v) is 14.7. The van der Waals surface area contributed by atoms with Crippen LogP contribution in [0, 0.1) is 10.1 Å². The van der Waals surface area contributed by atoms with E-state index in [1.165, 1.54) is 16.4 Å². The highest BCUT2D eigenvalue weighted by atomic mass is 32.2. The van der Waals surface area contributed by atoms with Gasteiger partial charge in [-0.1, -0.05) is 6.42 Å². The van der Waals surface area contributed by atoms with Gasteiger partial charge < -0.3 is 10.1 Å². The van der Waals surface area contributed by atoms with Crippen molar-refractivity contribution in [3.63, 3.8) is 0 Å². The third-order valence-electron chi connectivity index (χ3n) is 3.94. The van der Waals surface area contributed by atoms with Gasteiger partial charge in [0.2, 0.25) is 10.0 Å². The molecule has 0 aromatic heterocycles. The van der Waals surface area contributed by atoms with E-state index < -0.39 is 14.9 Å². The highest BCUT2D eigenvalue weighted by Crippen LogP contribution is 2.30. The molecule has 0 saturated carbocycles. The van der Waals surface area contributed by atoms with Gasteiger partial charge in [0.15, 0.2) is 0 Å². The molecule has 0 aliphatic carbocycles. The maximum Gasteiger partial charge on any atom is 0.293 e. The van der Waals surface area contributed by atoms with Gasteiger partial charge >= 0.3 is 0 Å². The van der Waals surface area contributed by atoms with Gasteiger partial charge in [0, 0.05) is 32.3 Å². The summed E-state index contributed by atoms with van der Waals surface area (Å²) in [4.78, 5) is 10.7. The van der Waals surface area contributed by atoms with Gasteiger partial charge in [0.25, 0.3) is 5.69 Å². The molecule has 9 heteroatoms. The second-order valence-electron chi connectivity index (χ2n) is 5.90. The highest BCUT2D eigenvalue weighted by Gasteiger charge is 2.28. The first-order valence-electron chi connectivity index (χ1n) is 7.90. The van der Waals surface area contributed by atoms with E-state index in [4.69, 9.17) is 4.74 Å². The Labute approximate surface area is 142 Å². The molecule has 0 unspecified atom stereocenters. The molecule has 0 bridgehead atoms. The summed E-state index contributed by atoms with van der Waals surface area (Å²) >= 11 is 0. The van der Waals surface area contributed by atoms with Crippen LogP contribution in [0.25, 0.3) is 0 Å². The molecule has 1 N–H and O–H groups in total. The Bertz CT molecular complexity index is 686. The third kappa shape index (κ3) is 4.22. The van der Waals surface area contributed by atoms with Crippen molar-refractivity contribution in [2.24, 2.45) is 0 Å². The molecule has 1 heterocycles. The van der Waals surface area contributed by atoms with Crippen molar-refractivity contribution in [3.05, 3.63) is 28.3 Å². The molecule has 1 fully saturated rings. The molecule has 0 amide bonds. The molecule has 24 heavy (non-hydrogen) atoms. The molecule has 1 aromatic rings. The predicted octanol–water partition coefficient (Wildman–Crippen LogP) is 2.22. The number of rotatable bonds is 7. The molecular formula is C15H23N3O5S. The molecule has 0 spiro atoms. The minimum Gasteiger partial charge on any atom is -0.383 e. The van der Waals surface area contributed by atoms with Crippen LogP contribution in [0.15, 0.2) is 23.1 Å². The van der Waals surface area contributed by atoms with Crippen LogP contribution in [0.3, 0.4) is 0 Å². The quantitative estimate of drug-likeness (QED) is 0.593. The van der Waals surface area contributed by atoms with Crippen molar-refractivity contribution in [3.8, 4) is 0 Å². The summed E-state index contributed by atoms with van der Waals surface area (Å²) in [5.41, 5.74) is 0.0261. The molecule has 1 aliphatic heterocycles. The normalized spacial score (nSPS) is 17.4. The number of methoxy groups -OCH3 is 1. The van der Waals surface area contributed by atoms with Crippen LogP contribution in [-0.4, -0.2) is 50.5 Å². The van der Waals surface area contributed by atoms with Crippen molar-refractivity contribution in [2.45, 2.75) is 37.1 Å². The minimum absolute atomic E-state index is 0.0407. The van der Waals surface area contributed by atoms with E-state index in [1.54, 1.807) is 7.11 Å². The molecule has 0 radical (unpaired) electrons. The number of sulfonamides is 1. The molecule has 134 valence electrons. The predicted molar refractivity (Wildman–Crippen MR) is 90.7 cm³/mol. The summed E-state index contributed by atoms with van der Waals surface area (Å²) in [6.45, 7) is 3.12. The average molecular weight is 357 g/mol. The maximum atomic E-state index is 12.7. The van der Waals surface area contributed by atoms with Gasteiger partial charge in [0.1, 0.15) is 5.69 Å². The Morgan fingerprint density at radius 1 is 1.33 bits per heavy atom. The van der Waals surface area contributed by atoms with E-state index in [0.29, 0.717) is 19.7 Å². The van der Waals surface area contributed by atoms with Crippen LogP contribution < -0.4 is 5.32 Å². The molecular weight excluding hydrogens is 334 g/mol. The number of nitrogens with one attached hydrogen (secondary N) is 1. The van der Waals surface area contributed by atoms with Crippen LogP contribution in [0.4, 0.5) is 11.4 Å². The fourth-order valence-electron chi connectivity index (χ4n) is 2.76. The highest BCUT2D eigenvalue weighted by molar-refractivity contribution is 7.89. The van der Waals surface area contributed by atoms with Crippen molar-refractivity contribution in [2.75, 3.05) is 32.1 Å². The molecule has 1 aliphatic rings. The van der Waals surface area contributed by atoms with E-state index in [1.807, 2.05) is 6.92 Å². The van der Waals surface area contributed by atoms with Gasteiger partial charge in [-0.3, -0.25) is 10.1 Å². The number of hydrogen-bond acceptors (Lipinski definition) is 6. The molecule has 2 rings (SSSR count). The third-order valence-corrected chi connectivity index (χ3v) is 5.83. The molecule has 1 atom stereocenters. The van der Waals surface area contributed by atoms with Crippen LogP contribution >= 0.6 is 0 Å². The van der Waals surface area contributed by atoms with E-state index in [0.717, 1.165) is 25.3 Å². The van der Waals surface area contributed by atoms with E-state index >= 15 is 0 Å². The Morgan fingerprint density at radius 2 is 2.00 bits per heavy atom. The maximum absolute atomic E-state index is 12.7. The fourth-order valence-corrected chi connectivity index (χ4v) is 4.29. The average Bonchev–Trinajstić information content (AvgIpc) is 2.55.